The van der Waals surface area contributed by atoms with Gasteiger partial charge in [0.2, 0.25) is 0 Å². The van der Waals surface area contributed by atoms with E-state index in [0.717, 1.165) is 19.5 Å². The van der Waals surface area contributed by atoms with E-state index in [9.17, 15) is 0 Å². The minimum absolute atomic E-state index is 0.500. The van der Waals surface area contributed by atoms with Crippen LogP contribution in [0.3, 0.4) is 0 Å². The standard InChI is InChI=1S/C17H24N2S/c1-13(2)11-18-12-16(10-17-19-8-9-20-17)15-6-4-14(3)5-7-15/h4-9,13,16,18H,10-12H2,1-3H3. The fourth-order valence-corrected chi connectivity index (χ4v) is 2.96. The first-order chi connectivity index (χ1) is 9.65. The van der Waals surface area contributed by atoms with E-state index in [-0.39, 0.29) is 0 Å². The monoisotopic (exact) mass is 288 g/mol. The lowest BCUT2D eigenvalue weighted by atomic mass is 9.95. The first-order valence-electron chi connectivity index (χ1n) is 7.31. The van der Waals surface area contributed by atoms with Gasteiger partial charge in [0, 0.05) is 30.5 Å². The number of nitrogens with zero attached hydrogens (tertiary/aromatic N) is 1. The van der Waals surface area contributed by atoms with Crippen LogP contribution in [-0.2, 0) is 6.42 Å². The van der Waals surface area contributed by atoms with E-state index in [0.29, 0.717) is 11.8 Å². The van der Waals surface area contributed by atoms with Gasteiger partial charge in [-0.2, -0.15) is 0 Å². The molecule has 1 aromatic carbocycles. The first kappa shape index (κ1) is 15.2. The Balaban J connectivity index is 2.04. The van der Waals surface area contributed by atoms with Crippen LogP contribution in [0.2, 0.25) is 0 Å². The predicted molar refractivity (Wildman–Crippen MR) is 87.4 cm³/mol. The van der Waals surface area contributed by atoms with Crippen LogP contribution >= 0.6 is 11.3 Å². The zero-order valence-corrected chi connectivity index (χ0v) is 13.4. The van der Waals surface area contributed by atoms with Crippen LogP contribution < -0.4 is 5.32 Å². The van der Waals surface area contributed by atoms with Gasteiger partial charge < -0.3 is 5.32 Å². The highest BCUT2D eigenvalue weighted by Gasteiger charge is 2.13. The van der Waals surface area contributed by atoms with Gasteiger partial charge in [-0.05, 0) is 24.9 Å². The molecule has 108 valence electrons. The van der Waals surface area contributed by atoms with Crippen LogP contribution in [0.25, 0.3) is 0 Å². The van der Waals surface area contributed by atoms with Crippen LogP contribution in [0.15, 0.2) is 35.8 Å². The molecule has 0 radical (unpaired) electrons. The van der Waals surface area contributed by atoms with Crippen LogP contribution in [0.5, 0.6) is 0 Å². The molecule has 1 aromatic heterocycles. The molecule has 20 heavy (non-hydrogen) atoms. The Hall–Kier alpha value is -1.19. The molecule has 1 unspecified atom stereocenters. The smallest absolute Gasteiger partial charge is 0.0931 e. The van der Waals surface area contributed by atoms with Crippen molar-refractivity contribution in [1.82, 2.24) is 10.3 Å². The third kappa shape index (κ3) is 4.73. The molecule has 0 saturated heterocycles. The van der Waals surface area contributed by atoms with E-state index >= 15 is 0 Å². The molecule has 0 aliphatic carbocycles. The highest BCUT2D eigenvalue weighted by atomic mass is 32.1. The van der Waals surface area contributed by atoms with Crippen molar-refractivity contribution >= 4 is 11.3 Å². The Morgan fingerprint density at radius 3 is 2.50 bits per heavy atom. The summed E-state index contributed by atoms with van der Waals surface area (Å²) in [4.78, 5) is 4.43. The molecule has 0 fully saturated rings. The van der Waals surface area contributed by atoms with Crippen molar-refractivity contribution in [2.75, 3.05) is 13.1 Å². The zero-order valence-electron chi connectivity index (χ0n) is 12.6. The lowest BCUT2D eigenvalue weighted by molar-refractivity contribution is 0.514. The number of thiazole rings is 1. The second-order valence-electron chi connectivity index (χ2n) is 5.79. The number of hydrogen-bond acceptors (Lipinski definition) is 3. The van der Waals surface area contributed by atoms with Gasteiger partial charge in [0.25, 0.3) is 0 Å². The number of aromatic nitrogens is 1. The lowest BCUT2D eigenvalue weighted by Gasteiger charge is -2.18. The molecular weight excluding hydrogens is 264 g/mol. The maximum absolute atomic E-state index is 4.43. The Bertz CT molecular complexity index is 488. The SMILES string of the molecule is Cc1ccc(C(CNCC(C)C)Cc2nccs2)cc1. The number of nitrogens with one attached hydrogen (secondary N) is 1. The van der Waals surface area contributed by atoms with Crippen molar-refractivity contribution in [2.24, 2.45) is 5.92 Å². The van der Waals surface area contributed by atoms with Crippen LogP contribution in [0.1, 0.15) is 35.9 Å². The van der Waals surface area contributed by atoms with E-state index in [1.165, 1.54) is 16.1 Å². The zero-order chi connectivity index (χ0) is 14.4. The number of aryl methyl sites for hydroxylation is 1. The summed E-state index contributed by atoms with van der Waals surface area (Å²) in [5, 5.41) is 6.87. The fraction of sp³-hybridized carbons (Fsp3) is 0.471. The van der Waals surface area contributed by atoms with Crippen LogP contribution in [-0.4, -0.2) is 18.1 Å². The molecule has 2 aromatic rings. The number of rotatable bonds is 7. The average molecular weight is 288 g/mol. The Morgan fingerprint density at radius 1 is 1.15 bits per heavy atom. The minimum atomic E-state index is 0.500. The molecular formula is C17H24N2S. The van der Waals surface area contributed by atoms with E-state index in [1.807, 2.05) is 6.20 Å². The predicted octanol–water partition coefficient (Wildman–Crippen LogP) is 4.02. The topological polar surface area (TPSA) is 24.9 Å². The Labute approximate surface area is 126 Å². The second kappa shape index (κ2) is 7.55. The molecule has 0 amide bonds. The van der Waals surface area contributed by atoms with E-state index in [4.69, 9.17) is 0 Å². The highest BCUT2D eigenvalue weighted by Crippen LogP contribution is 2.22. The molecule has 0 saturated carbocycles. The normalized spacial score (nSPS) is 12.8. The molecule has 0 spiro atoms. The second-order valence-corrected chi connectivity index (χ2v) is 6.77. The summed E-state index contributed by atoms with van der Waals surface area (Å²) in [7, 11) is 0. The number of hydrogen-bond donors (Lipinski definition) is 1. The summed E-state index contributed by atoms with van der Waals surface area (Å²) in [5.41, 5.74) is 2.72. The maximum Gasteiger partial charge on any atom is 0.0931 e. The molecule has 0 bridgehead atoms. The highest BCUT2D eigenvalue weighted by molar-refractivity contribution is 7.09. The summed E-state index contributed by atoms with van der Waals surface area (Å²) in [6.45, 7) is 8.71. The van der Waals surface area contributed by atoms with Gasteiger partial charge >= 0.3 is 0 Å². The van der Waals surface area contributed by atoms with Gasteiger partial charge in [0.15, 0.2) is 0 Å². The van der Waals surface area contributed by atoms with Crippen molar-refractivity contribution in [3.63, 3.8) is 0 Å². The minimum Gasteiger partial charge on any atom is -0.316 e. The molecule has 1 heterocycles. The Kier molecular flexibility index (Phi) is 5.74. The van der Waals surface area contributed by atoms with Crippen molar-refractivity contribution < 1.29 is 0 Å². The largest absolute Gasteiger partial charge is 0.316 e. The summed E-state index contributed by atoms with van der Waals surface area (Å²) in [6, 6.07) is 8.91. The van der Waals surface area contributed by atoms with E-state index in [2.05, 4.69) is 60.7 Å². The molecule has 1 N–H and O–H groups in total. The molecule has 2 nitrogen and oxygen atoms in total. The van der Waals surface area contributed by atoms with Gasteiger partial charge in [0.1, 0.15) is 0 Å². The van der Waals surface area contributed by atoms with Crippen molar-refractivity contribution in [1.29, 1.82) is 0 Å². The van der Waals surface area contributed by atoms with Crippen LogP contribution in [0.4, 0.5) is 0 Å². The van der Waals surface area contributed by atoms with Gasteiger partial charge in [0.05, 0.1) is 5.01 Å². The summed E-state index contributed by atoms with van der Waals surface area (Å²) in [6.07, 6.45) is 2.92. The molecule has 0 aliphatic heterocycles. The molecule has 0 aliphatic rings. The first-order valence-corrected chi connectivity index (χ1v) is 8.18. The summed E-state index contributed by atoms with van der Waals surface area (Å²) in [5.74, 6) is 1.19. The van der Waals surface area contributed by atoms with Gasteiger partial charge in [-0.25, -0.2) is 4.98 Å². The molecule has 3 heteroatoms. The summed E-state index contributed by atoms with van der Waals surface area (Å²) < 4.78 is 0. The maximum atomic E-state index is 4.43. The van der Waals surface area contributed by atoms with Crippen molar-refractivity contribution in [3.05, 3.63) is 52.0 Å². The van der Waals surface area contributed by atoms with Crippen molar-refractivity contribution in [3.8, 4) is 0 Å². The van der Waals surface area contributed by atoms with E-state index < -0.39 is 0 Å². The summed E-state index contributed by atoms with van der Waals surface area (Å²) >= 11 is 1.75. The quantitative estimate of drug-likeness (QED) is 0.832. The fourth-order valence-electron chi connectivity index (χ4n) is 2.26. The van der Waals surface area contributed by atoms with E-state index in [1.54, 1.807) is 11.3 Å². The third-order valence-corrected chi connectivity index (χ3v) is 4.20. The van der Waals surface area contributed by atoms with Crippen molar-refractivity contribution in [2.45, 2.75) is 33.1 Å². The van der Waals surface area contributed by atoms with Gasteiger partial charge in [-0.1, -0.05) is 43.7 Å². The number of benzene rings is 1. The third-order valence-electron chi connectivity index (χ3n) is 3.40. The van der Waals surface area contributed by atoms with Crippen LogP contribution in [0, 0.1) is 12.8 Å². The Morgan fingerprint density at radius 2 is 1.90 bits per heavy atom. The van der Waals surface area contributed by atoms with Gasteiger partial charge in [-0.15, -0.1) is 11.3 Å². The lowest BCUT2D eigenvalue weighted by Crippen LogP contribution is -2.26. The average Bonchev–Trinajstić information content (AvgIpc) is 2.91. The van der Waals surface area contributed by atoms with Gasteiger partial charge in [-0.3, -0.25) is 0 Å². The molecule has 2 rings (SSSR count). The molecule has 1 atom stereocenters.